The molecule has 0 spiro atoms. The normalized spacial score (nSPS) is 21.4. The van der Waals surface area contributed by atoms with E-state index in [1.807, 2.05) is 0 Å². The first kappa shape index (κ1) is 8.93. The van der Waals surface area contributed by atoms with Gasteiger partial charge < -0.3 is 10.6 Å². The molecule has 14 heavy (non-hydrogen) atoms. The minimum absolute atomic E-state index is 0.0434. The number of piperidine rings is 1. The van der Waals surface area contributed by atoms with Crippen LogP contribution in [0.25, 0.3) is 0 Å². The lowest BCUT2D eigenvalue weighted by Gasteiger charge is -2.22. The van der Waals surface area contributed by atoms with Crippen molar-refractivity contribution < 1.29 is 4.79 Å². The molecule has 0 bridgehead atoms. The van der Waals surface area contributed by atoms with Crippen LogP contribution in [0.1, 0.15) is 12.8 Å². The van der Waals surface area contributed by atoms with Crippen molar-refractivity contribution in [2.45, 2.75) is 18.9 Å². The smallest absolute Gasteiger partial charge is 0.242 e. The summed E-state index contributed by atoms with van der Waals surface area (Å²) in [5.41, 5.74) is 0. The number of carbonyl (C=O) groups is 1. The van der Waals surface area contributed by atoms with Gasteiger partial charge in [-0.25, -0.2) is 0 Å². The van der Waals surface area contributed by atoms with Gasteiger partial charge in [-0.3, -0.25) is 4.79 Å². The highest BCUT2D eigenvalue weighted by Crippen LogP contribution is 2.09. The molecule has 1 amide bonds. The second-order valence-electron chi connectivity index (χ2n) is 3.24. The van der Waals surface area contributed by atoms with E-state index in [4.69, 9.17) is 0 Å². The molecule has 74 valence electrons. The average molecular weight is 192 g/mol. The highest BCUT2D eigenvalue weighted by Gasteiger charge is 2.21. The van der Waals surface area contributed by atoms with Crippen molar-refractivity contribution in [2.75, 3.05) is 11.9 Å². The number of aromatic nitrogens is 2. The minimum Gasteiger partial charge on any atom is -0.357 e. The summed E-state index contributed by atoms with van der Waals surface area (Å²) in [5, 5.41) is 13.4. The number of hydrogen-bond acceptors (Lipinski definition) is 4. The third-order valence-electron chi connectivity index (χ3n) is 2.18. The van der Waals surface area contributed by atoms with Crippen LogP contribution in [0, 0.1) is 0 Å². The second kappa shape index (κ2) is 4.04. The van der Waals surface area contributed by atoms with Crippen molar-refractivity contribution in [3.05, 3.63) is 18.3 Å². The molecular formula is C9H12N4O. The van der Waals surface area contributed by atoms with Gasteiger partial charge in [0.05, 0.1) is 0 Å². The SMILES string of the molecule is O=C1NCCCC1Nc1cccnn1. The molecule has 0 radical (unpaired) electrons. The predicted octanol–water partition coefficient (Wildman–Crippen LogP) is 0.167. The number of anilines is 1. The van der Waals surface area contributed by atoms with Crippen LogP contribution in [-0.2, 0) is 4.79 Å². The molecule has 1 aliphatic heterocycles. The molecule has 5 heteroatoms. The summed E-state index contributed by atoms with van der Waals surface area (Å²) >= 11 is 0. The molecule has 1 aliphatic rings. The third kappa shape index (κ3) is 1.99. The van der Waals surface area contributed by atoms with E-state index in [1.54, 1.807) is 18.3 Å². The van der Waals surface area contributed by atoms with Crippen molar-refractivity contribution in [2.24, 2.45) is 0 Å². The summed E-state index contributed by atoms with van der Waals surface area (Å²) in [6.45, 7) is 0.775. The number of amides is 1. The van der Waals surface area contributed by atoms with E-state index in [1.165, 1.54) is 0 Å². The third-order valence-corrected chi connectivity index (χ3v) is 2.18. The van der Waals surface area contributed by atoms with Gasteiger partial charge in [0.2, 0.25) is 5.91 Å². The highest BCUT2D eigenvalue weighted by molar-refractivity contribution is 5.84. The minimum atomic E-state index is -0.166. The van der Waals surface area contributed by atoms with Crippen LogP contribution in [0.4, 0.5) is 5.82 Å². The van der Waals surface area contributed by atoms with E-state index in [0.29, 0.717) is 5.82 Å². The van der Waals surface area contributed by atoms with Gasteiger partial charge in [0, 0.05) is 12.7 Å². The van der Waals surface area contributed by atoms with Crippen LogP contribution >= 0.6 is 0 Å². The molecule has 2 N–H and O–H groups in total. The first-order valence-electron chi connectivity index (χ1n) is 4.68. The van der Waals surface area contributed by atoms with E-state index in [9.17, 15) is 4.79 Å². The Balaban J connectivity index is 2.00. The maximum atomic E-state index is 11.4. The Labute approximate surface area is 81.9 Å². The van der Waals surface area contributed by atoms with Gasteiger partial charge >= 0.3 is 0 Å². The lowest BCUT2D eigenvalue weighted by Crippen LogP contribution is -2.44. The molecule has 2 heterocycles. The predicted molar refractivity (Wildman–Crippen MR) is 51.7 cm³/mol. The first-order chi connectivity index (χ1) is 6.86. The Bertz CT molecular complexity index is 314. The van der Waals surface area contributed by atoms with Crippen molar-refractivity contribution in [1.82, 2.24) is 15.5 Å². The molecular weight excluding hydrogens is 180 g/mol. The standard InChI is InChI=1S/C9H12N4O/c14-9-7(3-1-5-10-9)12-8-4-2-6-11-13-8/h2,4,6-7H,1,3,5H2,(H,10,14)(H,12,13). The van der Waals surface area contributed by atoms with Crippen molar-refractivity contribution in [3.63, 3.8) is 0 Å². The van der Waals surface area contributed by atoms with Gasteiger partial charge in [-0.2, -0.15) is 5.10 Å². The fraction of sp³-hybridized carbons (Fsp3) is 0.444. The summed E-state index contributed by atoms with van der Waals surface area (Å²) in [4.78, 5) is 11.4. The maximum absolute atomic E-state index is 11.4. The summed E-state index contributed by atoms with van der Waals surface area (Å²) in [6, 6.07) is 3.42. The molecule has 1 fully saturated rings. The lowest BCUT2D eigenvalue weighted by atomic mass is 10.1. The molecule has 0 aromatic carbocycles. The van der Waals surface area contributed by atoms with Gasteiger partial charge in [-0.05, 0) is 25.0 Å². The molecule has 2 rings (SSSR count). The van der Waals surface area contributed by atoms with Crippen molar-refractivity contribution in [1.29, 1.82) is 0 Å². The quantitative estimate of drug-likeness (QED) is 0.700. The molecule has 1 aromatic heterocycles. The molecule has 1 aromatic rings. The molecule has 1 saturated heterocycles. The van der Waals surface area contributed by atoms with E-state index >= 15 is 0 Å². The summed E-state index contributed by atoms with van der Waals surface area (Å²) in [7, 11) is 0. The van der Waals surface area contributed by atoms with E-state index in [0.717, 1.165) is 19.4 Å². The summed E-state index contributed by atoms with van der Waals surface area (Å²) in [6.07, 6.45) is 3.46. The molecule has 0 aliphatic carbocycles. The van der Waals surface area contributed by atoms with E-state index in [2.05, 4.69) is 20.8 Å². The van der Waals surface area contributed by atoms with Gasteiger partial charge in [0.25, 0.3) is 0 Å². The van der Waals surface area contributed by atoms with Crippen LogP contribution < -0.4 is 10.6 Å². The second-order valence-corrected chi connectivity index (χ2v) is 3.24. The molecule has 0 saturated carbocycles. The molecule has 1 unspecified atom stereocenters. The van der Waals surface area contributed by atoms with Gasteiger partial charge in [0.15, 0.2) is 0 Å². The van der Waals surface area contributed by atoms with Gasteiger partial charge in [0.1, 0.15) is 11.9 Å². The van der Waals surface area contributed by atoms with E-state index in [-0.39, 0.29) is 11.9 Å². The summed E-state index contributed by atoms with van der Waals surface area (Å²) in [5.74, 6) is 0.691. The number of nitrogens with zero attached hydrogens (tertiary/aromatic N) is 2. The molecule has 5 nitrogen and oxygen atoms in total. The average Bonchev–Trinajstić information content (AvgIpc) is 2.23. The number of nitrogens with one attached hydrogen (secondary N) is 2. The Kier molecular flexibility index (Phi) is 2.58. The Morgan fingerprint density at radius 3 is 3.21 bits per heavy atom. The highest BCUT2D eigenvalue weighted by atomic mass is 16.2. The zero-order valence-electron chi connectivity index (χ0n) is 7.73. The summed E-state index contributed by atoms with van der Waals surface area (Å²) < 4.78 is 0. The van der Waals surface area contributed by atoms with Gasteiger partial charge in [-0.1, -0.05) is 0 Å². The largest absolute Gasteiger partial charge is 0.357 e. The van der Waals surface area contributed by atoms with Crippen molar-refractivity contribution in [3.8, 4) is 0 Å². The van der Waals surface area contributed by atoms with Crippen LogP contribution in [0.3, 0.4) is 0 Å². The Morgan fingerprint density at radius 2 is 2.50 bits per heavy atom. The fourth-order valence-corrected chi connectivity index (χ4v) is 1.47. The van der Waals surface area contributed by atoms with Crippen LogP contribution in [0.5, 0.6) is 0 Å². The Hall–Kier alpha value is -1.65. The van der Waals surface area contributed by atoms with Gasteiger partial charge in [-0.15, -0.1) is 5.10 Å². The zero-order valence-corrected chi connectivity index (χ0v) is 7.73. The fourth-order valence-electron chi connectivity index (χ4n) is 1.47. The van der Waals surface area contributed by atoms with Crippen LogP contribution in [0.15, 0.2) is 18.3 Å². The van der Waals surface area contributed by atoms with Crippen molar-refractivity contribution >= 4 is 11.7 Å². The topological polar surface area (TPSA) is 66.9 Å². The van der Waals surface area contributed by atoms with Crippen LogP contribution in [-0.4, -0.2) is 28.7 Å². The Morgan fingerprint density at radius 1 is 1.57 bits per heavy atom. The number of hydrogen-bond donors (Lipinski definition) is 2. The van der Waals surface area contributed by atoms with Crippen LogP contribution in [0.2, 0.25) is 0 Å². The zero-order chi connectivity index (χ0) is 9.80. The number of rotatable bonds is 2. The molecule has 1 atom stereocenters. The first-order valence-corrected chi connectivity index (χ1v) is 4.68. The monoisotopic (exact) mass is 192 g/mol. The van der Waals surface area contributed by atoms with E-state index < -0.39 is 0 Å². The lowest BCUT2D eigenvalue weighted by molar-refractivity contribution is -0.123. The maximum Gasteiger partial charge on any atom is 0.242 e. The number of carbonyl (C=O) groups excluding carboxylic acids is 1.